The zero-order valence-electron chi connectivity index (χ0n) is 9.96. The van der Waals surface area contributed by atoms with Crippen LogP contribution >= 0.6 is 0 Å². The van der Waals surface area contributed by atoms with Gasteiger partial charge in [-0.3, -0.25) is 4.79 Å². The van der Waals surface area contributed by atoms with Crippen molar-refractivity contribution < 1.29 is 8.58 Å². The monoisotopic (exact) mass is 226 g/mol. The Morgan fingerprint density at radius 1 is 1.20 bits per heavy atom. The maximum atomic E-state index is 11.1. The van der Waals surface area contributed by atoms with Gasteiger partial charge in [0, 0.05) is 6.42 Å². The molecule has 1 aliphatic heterocycles. The molecule has 0 radical (unpaired) electrons. The molecule has 0 spiro atoms. The smallest absolute Gasteiger partial charge is 0.548 e. The van der Waals surface area contributed by atoms with Crippen LogP contribution in [0.4, 0.5) is 0 Å². The lowest BCUT2D eigenvalue weighted by molar-refractivity contribution is -0.135. The maximum Gasteiger partial charge on any atom is 0.548 e. The Kier molecular flexibility index (Phi) is 7.13. The highest BCUT2D eigenvalue weighted by molar-refractivity contribution is 6.54. The van der Waals surface area contributed by atoms with Gasteiger partial charge in [0.05, 0.1) is 0 Å². The van der Waals surface area contributed by atoms with Gasteiger partial charge in [0.1, 0.15) is 0 Å². The first-order valence-corrected chi connectivity index (χ1v) is 8.63. The fraction of sp³-hybridized carbons (Fsp3) is 0.917. The molecular weight excluding hydrogens is 203 g/mol. The highest BCUT2D eigenvalue weighted by Gasteiger charge is 2.28. The Labute approximate surface area is 98.1 Å². The molecule has 0 bridgehead atoms. The lowest BCUT2D eigenvalue weighted by Crippen LogP contribution is -2.26. The second-order valence-corrected chi connectivity index (χ2v) is 7.19. The van der Waals surface area contributed by atoms with E-state index in [2.05, 4.69) is 6.92 Å². The van der Waals surface area contributed by atoms with Crippen molar-refractivity contribution in [2.45, 2.75) is 68.9 Å². The van der Waals surface area contributed by atoms with Crippen LogP contribution in [-0.2, 0) is 8.58 Å². The van der Waals surface area contributed by atoms with E-state index in [1.165, 1.54) is 49.1 Å². The average molecular weight is 226 g/mol. The molecule has 0 aliphatic carbocycles. The molecule has 0 atom stereocenters. The molecule has 3 heteroatoms. The minimum atomic E-state index is -1.09. The van der Waals surface area contributed by atoms with Crippen LogP contribution in [0.1, 0.15) is 58.3 Å². The Bertz CT molecular complexity index is 182. The molecule has 1 fully saturated rings. The Morgan fingerprint density at radius 2 is 1.93 bits per heavy atom. The van der Waals surface area contributed by atoms with Gasteiger partial charge < -0.3 is 3.79 Å². The summed E-state index contributed by atoms with van der Waals surface area (Å²) in [7, 11) is 0. The zero-order chi connectivity index (χ0) is 10.9. The van der Waals surface area contributed by atoms with Gasteiger partial charge in [0.2, 0.25) is 0 Å². The molecule has 86 valence electrons. The fourth-order valence-corrected chi connectivity index (χ4v) is 4.55. The van der Waals surface area contributed by atoms with E-state index in [1.807, 2.05) is 0 Å². The summed E-state index contributed by atoms with van der Waals surface area (Å²) in [5.41, 5.74) is 0. The van der Waals surface area contributed by atoms with E-state index >= 15 is 0 Å². The second kappa shape index (κ2) is 8.19. The van der Waals surface area contributed by atoms with Crippen LogP contribution in [0.25, 0.3) is 0 Å². The molecule has 0 aromatic carbocycles. The first-order valence-electron chi connectivity index (χ1n) is 6.52. The van der Waals surface area contributed by atoms with Crippen LogP contribution in [0.3, 0.4) is 0 Å². The SMILES string of the molecule is CCCCCCC[CH2][Al]1[CH2]CCC(=O)[O]1. The lowest BCUT2D eigenvalue weighted by atomic mass is 10.1. The summed E-state index contributed by atoms with van der Waals surface area (Å²) in [4.78, 5) is 11.1. The molecule has 1 aliphatic rings. The van der Waals surface area contributed by atoms with Crippen LogP contribution in [0, 0.1) is 0 Å². The molecule has 0 aromatic rings. The summed E-state index contributed by atoms with van der Waals surface area (Å²) in [6, 6.07) is 0. The van der Waals surface area contributed by atoms with Gasteiger partial charge in [-0.25, -0.2) is 0 Å². The third-order valence-corrected chi connectivity index (χ3v) is 5.79. The van der Waals surface area contributed by atoms with E-state index in [4.69, 9.17) is 3.79 Å². The van der Waals surface area contributed by atoms with Crippen molar-refractivity contribution in [1.29, 1.82) is 0 Å². The predicted molar refractivity (Wildman–Crippen MR) is 64.1 cm³/mol. The first-order chi connectivity index (χ1) is 7.33. The minimum Gasteiger partial charge on any atom is -0.616 e. The van der Waals surface area contributed by atoms with Crippen LogP contribution < -0.4 is 0 Å². The molecule has 15 heavy (non-hydrogen) atoms. The highest BCUT2D eigenvalue weighted by atomic mass is 27.2. The molecule has 0 aromatic heterocycles. The number of unbranched alkanes of at least 4 members (excludes halogenated alkanes) is 5. The van der Waals surface area contributed by atoms with E-state index in [0.29, 0.717) is 6.42 Å². The van der Waals surface area contributed by atoms with Crippen LogP contribution in [0.2, 0.25) is 10.6 Å². The first kappa shape index (κ1) is 13.1. The van der Waals surface area contributed by atoms with E-state index in [-0.39, 0.29) is 5.97 Å². The molecule has 2 nitrogen and oxygen atoms in total. The average Bonchev–Trinajstić information content (AvgIpc) is 2.23. The summed E-state index contributed by atoms with van der Waals surface area (Å²) in [6.07, 6.45) is 9.80. The molecule has 1 heterocycles. The number of hydrogen-bond donors (Lipinski definition) is 0. The molecule has 1 rings (SSSR count). The van der Waals surface area contributed by atoms with Gasteiger partial charge in [0.15, 0.2) is 0 Å². The van der Waals surface area contributed by atoms with Crippen LogP contribution in [-0.4, -0.2) is 20.5 Å². The second-order valence-electron chi connectivity index (χ2n) is 4.56. The molecule has 1 saturated heterocycles. The van der Waals surface area contributed by atoms with Gasteiger partial charge in [-0.15, -0.1) is 0 Å². The van der Waals surface area contributed by atoms with Gasteiger partial charge in [-0.1, -0.05) is 62.4 Å². The Morgan fingerprint density at radius 3 is 2.67 bits per heavy atom. The summed E-state index contributed by atoms with van der Waals surface area (Å²) < 4.78 is 5.41. The van der Waals surface area contributed by atoms with Gasteiger partial charge in [0.25, 0.3) is 5.97 Å². The molecule has 0 N–H and O–H groups in total. The van der Waals surface area contributed by atoms with Gasteiger partial charge in [-0.2, -0.15) is 0 Å². The largest absolute Gasteiger partial charge is 0.616 e. The molecular formula is C12H23AlO2. The van der Waals surface area contributed by atoms with Crippen molar-refractivity contribution in [3.63, 3.8) is 0 Å². The summed E-state index contributed by atoms with van der Waals surface area (Å²) in [5, 5.41) is 2.44. The van der Waals surface area contributed by atoms with E-state index in [0.717, 1.165) is 6.42 Å². The summed E-state index contributed by atoms with van der Waals surface area (Å²) in [6.45, 7) is 2.24. The van der Waals surface area contributed by atoms with E-state index < -0.39 is 14.5 Å². The number of carbonyl (C=O) groups is 1. The number of rotatable bonds is 7. The van der Waals surface area contributed by atoms with Crippen molar-refractivity contribution in [2.24, 2.45) is 0 Å². The quantitative estimate of drug-likeness (QED) is 0.489. The Balaban J connectivity index is 1.92. The van der Waals surface area contributed by atoms with Gasteiger partial charge >= 0.3 is 14.5 Å². The third kappa shape index (κ3) is 6.22. The minimum absolute atomic E-state index is 0.0731. The van der Waals surface area contributed by atoms with E-state index in [9.17, 15) is 4.79 Å². The number of carbonyl (C=O) groups excluding carboxylic acids is 1. The third-order valence-electron chi connectivity index (χ3n) is 3.08. The zero-order valence-corrected chi connectivity index (χ0v) is 11.1. The van der Waals surface area contributed by atoms with Crippen LogP contribution in [0.5, 0.6) is 0 Å². The summed E-state index contributed by atoms with van der Waals surface area (Å²) >= 11 is -1.09. The lowest BCUT2D eigenvalue weighted by Gasteiger charge is -2.18. The number of hydrogen-bond acceptors (Lipinski definition) is 2. The highest BCUT2D eigenvalue weighted by Crippen LogP contribution is 2.18. The topological polar surface area (TPSA) is 26.3 Å². The Hall–Kier alpha value is 0.00247. The van der Waals surface area contributed by atoms with E-state index in [1.54, 1.807) is 0 Å². The van der Waals surface area contributed by atoms with Gasteiger partial charge in [-0.05, 0) is 0 Å². The van der Waals surface area contributed by atoms with Crippen molar-refractivity contribution >= 4 is 20.5 Å². The molecule has 0 amide bonds. The van der Waals surface area contributed by atoms with Crippen molar-refractivity contribution in [1.82, 2.24) is 0 Å². The fourth-order valence-electron chi connectivity index (χ4n) is 2.13. The van der Waals surface area contributed by atoms with Crippen LogP contribution in [0.15, 0.2) is 0 Å². The standard InChI is InChI=1S/C8H17.C4H7O2.Al/c1-3-5-7-8-6-4-2;1-2-3-4(5)6;/h1,3-8H2,2H3;1-3H2,(H,5,6);/q;;+1/p-1. The van der Waals surface area contributed by atoms with Crippen molar-refractivity contribution in [3.05, 3.63) is 0 Å². The van der Waals surface area contributed by atoms with Crippen molar-refractivity contribution in [3.8, 4) is 0 Å². The van der Waals surface area contributed by atoms with Crippen molar-refractivity contribution in [2.75, 3.05) is 0 Å². The maximum absolute atomic E-state index is 11.1. The summed E-state index contributed by atoms with van der Waals surface area (Å²) in [5.74, 6) is 0.0731. The predicted octanol–water partition coefficient (Wildman–Crippen LogP) is 3.68. The molecule has 0 saturated carbocycles. The normalized spacial score (nSPS) is 16.6. The molecule has 0 unspecified atom stereocenters.